The first kappa shape index (κ1) is 13.1. The van der Waals surface area contributed by atoms with E-state index in [9.17, 15) is 4.79 Å². The first-order valence-corrected chi connectivity index (χ1v) is 6.53. The highest BCUT2D eigenvalue weighted by Crippen LogP contribution is 2.26. The molecule has 5 heteroatoms. The molecule has 1 saturated carbocycles. The number of aromatic nitrogens is 2. The molecule has 0 aromatic carbocycles. The van der Waals surface area contributed by atoms with Crippen LogP contribution in [0.2, 0.25) is 0 Å². The number of carboxylic acids is 1. The third-order valence-corrected chi connectivity index (χ3v) is 3.79. The molecule has 0 aliphatic heterocycles. The summed E-state index contributed by atoms with van der Waals surface area (Å²) in [5, 5.41) is 16.7. The average Bonchev–Trinajstić information content (AvgIpc) is 2.76. The van der Waals surface area contributed by atoms with E-state index in [0.717, 1.165) is 25.7 Å². The van der Waals surface area contributed by atoms with Crippen LogP contribution in [0.5, 0.6) is 0 Å². The van der Waals surface area contributed by atoms with Crippen LogP contribution < -0.4 is 5.32 Å². The number of hydrogen-bond acceptors (Lipinski definition) is 3. The number of aliphatic carboxylic acids is 1. The van der Waals surface area contributed by atoms with E-state index in [-0.39, 0.29) is 12.0 Å². The number of nitrogens with zero attached hydrogens (tertiary/aromatic N) is 2. The molecule has 1 aliphatic carbocycles. The molecule has 2 N–H and O–H groups in total. The Morgan fingerprint density at radius 1 is 1.50 bits per heavy atom. The van der Waals surface area contributed by atoms with Crippen LogP contribution in [-0.4, -0.2) is 26.9 Å². The zero-order valence-electron chi connectivity index (χ0n) is 11.0. The Morgan fingerprint density at radius 3 is 2.67 bits per heavy atom. The second kappa shape index (κ2) is 5.52. The van der Waals surface area contributed by atoms with Gasteiger partial charge in [-0.2, -0.15) is 5.10 Å². The second-order valence-corrected chi connectivity index (χ2v) is 5.22. The molecule has 1 fully saturated rings. The van der Waals surface area contributed by atoms with Crippen LogP contribution in [0.15, 0.2) is 12.4 Å². The first-order valence-electron chi connectivity index (χ1n) is 6.53. The van der Waals surface area contributed by atoms with E-state index >= 15 is 0 Å². The van der Waals surface area contributed by atoms with Gasteiger partial charge in [-0.1, -0.05) is 0 Å². The van der Waals surface area contributed by atoms with E-state index < -0.39 is 5.97 Å². The standard InChI is InChI=1S/C13H21N3O2/c1-9(11-7-14-16(2)8-11)15-12-5-3-10(4-6-12)13(17)18/h7-10,12,15H,3-6H2,1-2H3,(H,17,18). The van der Waals surface area contributed by atoms with Crippen molar-refractivity contribution in [3.05, 3.63) is 18.0 Å². The van der Waals surface area contributed by atoms with Crippen molar-refractivity contribution in [2.24, 2.45) is 13.0 Å². The van der Waals surface area contributed by atoms with E-state index in [1.54, 1.807) is 4.68 Å². The van der Waals surface area contributed by atoms with Crippen LogP contribution in [0.25, 0.3) is 0 Å². The average molecular weight is 251 g/mol. The third-order valence-electron chi connectivity index (χ3n) is 3.79. The number of carboxylic acid groups (broad SMARTS) is 1. The molecule has 1 heterocycles. The van der Waals surface area contributed by atoms with Crippen molar-refractivity contribution in [2.45, 2.75) is 44.7 Å². The number of rotatable bonds is 4. The minimum Gasteiger partial charge on any atom is -0.481 e. The van der Waals surface area contributed by atoms with Crippen molar-refractivity contribution in [3.63, 3.8) is 0 Å². The number of nitrogens with one attached hydrogen (secondary N) is 1. The van der Waals surface area contributed by atoms with E-state index in [1.165, 1.54) is 5.56 Å². The van der Waals surface area contributed by atoms with Crippen molar-refractivity contribution in [1.29, 1.82) is 0 Å². The molecule has 0 bridgehead atoms. The lowest BCUT2D eigenvalue weighted by molar-refractivity contribution is -0.142. The number of hydrogen-bond donors (Lipinski definition) is 2. The first-order chi connectivity index (χ1) is 8.56. The fourth-order valence-corrected chi connectivity index (χ4v) is 2.62. The van der Waals surface area contributed by atoms with Crippen molar-refractivity contribution in [1.82, 2.24) is 15.1 Å². The SMILES string of the molecule is CC(NC1CCC(C(=O)O)CC1)c1cnn(C)c1. The van der Waals surface area contributed by atoms with Crippen LogP contribution >= 0.6 is 0 Å². The van der Waals surface area contributed by atoms with Gasteiger partial charge in [0.05, 0.1) is 12.1 Å². The Kier molecular flexibility index (Phi) is 4.01. The topological polar surface area (TPSA) is 67.2 Å². The van der Waals surface area contributed by atoms with Crippen LogP contribution in [0.3, 0.4) is 0 Å². The molecule has 0 saturated heterocycles. The van der Waals surface area contributed by atoms with E-state index in [4.69, 9.17) is 5.11 Å². The van der Waals surface area contributed by atoms with Gasteiger partial charge in [-0.15, -0.1) is 0 Å². The summed E-state index contributed by atoms with van der Waals surface area (Å²) >= 11 is 0. The molecule has 100 valence electrons. The van der Waals surface area contributed by atoms with Crippen LogP contribution in [-0.2, 0) is 11.8 Å². The van der Waals surface area contributed by atoms with Gasteiger partial charge in [-0.25, -0.2) is 0 Å². The smallest absolute Gasteiger partial charge is 0.306 e. The van der Waals surface area contributed by atoms with Crippen LogP contribution in [0, 0.1) is 5.92 Å². The van der Waals surface area contributed by atoms with E-state index in [2.05, 4.69) is 17.3 Å². The van der Waals surface area contributed by atoms with Gasteiger partial charge in [-0.3, -0.25) is 9.48 Å². The van der Waals surface area contributed by atoms with Gasteiger partial charge < -0.3 is 10.4 Å². The van der Waals surface area contributed by atoms with Crippen molar-refractivity contribution in [3.8, 4) is 0 Å². The summed E-state index contributed by atoms with van der Waals surface area (Å²) in [6.07, 6.45) is 7.35. The van der Waals surface area contributed by atoms with Gasteiger partial charge in [0, 0.05) is 30.9 Å². The summed E-state index contributed by atoms with van der Waals surface area (Å²) < 4.78 is 1.80. The van der Waals surface area contributed by atoms with E-state index in [1.807, 2.05) is 19.4 Å². The highest BCUT2D eigenvalue weighted by Gasteiger charge is 2.26. The lowest BCUT2D eigenvalue weighted by atomic mass is 9.86. The molecule has 1 atom stereocenters. The van der Waals surface area contributed by atoms with Gasteiger partial charge in [0.25, 0.3) is 0 Å². The molecule has 1 aromatic heterocycles. The Morgan fingerprint density at radius 2 is 2.17 bits per heavy atom. The minimum absolute atomic E-state index is 0.142. The molecule has 1 aromatic rings. The summed E-state index contributed by atoms with van der Waals surface area (Å²) in [6, 6.07) is 0.695. The maximum atomic E-state index is 10.9. The maximum Gasteiger partial charge on any atom is 0.306 e. The molecule has 18 heavy (non-hydrogen) atoms. The van der Waals surface area contributed by atoms with E-state index in [0.29, 0.717) is 6.04 Å². The number of carbonyl (C=O) groups is 1. The molecule has 2 rings (SSSR count). The van der Waals surface area contributed by atoms with Crippen molar-refractivity contribution in [2.75, 3.05) is 0 Å². The summed E-state index contributed by atoms with van der Waals surface area (Å²) in [7, 11) is 1.91. The van der Waals surface area contributed by atoms with Crippen LogP contribution in [0.4, 0.5) is 0 Å². The predicted octanol–water partition coefficient (Wildman–Crippen LogP) is 1.71. The Balaban J connectivity index is 1.83. The summed E-state index contributed by atoms with van der Waals surface area (Å²) in [4.78, 5) is 10.9. The van der Waals surface area contributed by atoms with Crippen molar-refractivity contribution < 1.29 is 9.90 Å². The molecular formula is C13H21N3O2. The molecular weight excluding hydrogens is 230 g/mol. The van der Waals surface area contributed by atoms with Crippen LogP contribution in [0.1, 0.15) is 44.2 Å². The fourth-order valence-electron chi connectivity index (χ4n) is 2.62. The molecule has 5 nitrogen and oxygen atoms in total. The highest BCUT2D eigenvalue weighted by molar-refractivity contribution is 5.70. The molecule has 1 unspecified atom stereocenters. The predicted molar refractivity (Wildman–Crippen MR) is 68.1 cm³/mol. The Labute approximate surface area is 107 Å². The monoisotopic (exact) mass is 251 g/mol. The summed E-state index contributed by atoms with van der Waals surface area (Å²) in [5.41, 5.74) is 1.18. The van der Waals surface area contributed by atoms with Gasteiger partial charge in [-0.05, 0) is 32.6 Å². The molecule has 1 aliphatic rings. The zero-order chi connectivity index (χ0) is 13.1. The van der Waals surface area contributed by atoms with Gasteiger partial charge in [0.1, 0.15) is 0 Å². The lowest BCUT2D eigenvalue weighted by Gasteiger charge is -2.29. The molecule has 0 radical (unpaired) electrons. The highest BCUT2D eigenvalue weighted by atomic mass is 16.4. The normalized spacial score (nSPS) is 25.9. The fraction of sp³-hybridized carbons (Fsp3) is 0.692. The van der Waals surface area contributed by atoms with Gasteiger partial charge in [0.2, 0.25) is 0 Å². The molecule has 0 amide bonds. The quantitative estimate of drug-likeness (QED) is 0.855. The molecule has 0 spiro atoms. The maximum absolute atomic E-state index is 10.9. The minimum atomic E-state index is -0.645. The zero-order valence-corrected chi connectivity index (χ0v) is 11.0. The lowest BCUT2D eigenvalue weighted by Crippen LogP contribution is -2.36. The Bertz CT molecular complexity index is 408. The van der Waals surface area contributed by atoms with Gasteiger partial charge in [0.15, 0.2) is 0 Å². The Hall–Kier alpha value is -1.36. The summed E-state index contributed by atoms with van der Waals surface area (Å²) in [6.45, 7) is 2.13. The largest absolute Gasteiger partial charge is 0.481 e. The summed E-state index contributed by atoms with van der Waals surface area (Å²) in [5.74, 6) is -0.787. The van der Waals surface area contributed by atoms with Crippen molar-refractivity contribution >= 4 is 5.97 Å². The third kappa shape index (κ3) is 3.10. The second-order valence-electron chi connectivity index (χ2n) is 5.22. The number of aryl methyl sites for hydroxylation is 1. The van der Waals surface area contributed by atoms with Gasteiger partial charge >= 0.3 is 5.97 Å².